The van der Waals surface area contributed by atoms with Crippen molar-refractivity contribution in [1.29, 1.82) is 0 Å². The Hall–Kier alpha value is -4.76. The number of hydrogen-bond donors (Lipinski definition) is 3. The van der Waals surface area contributed by atoms with Crippen LogP contribution in [0.15, 0.2) is 113 Å². The third kappa shape index (κ3) is 7.36. The molecule has 9 heteroatoms. The molecule has 0 bridgehead atoms. The fourth-order valence-corrected chi connectivity index (χ4v) is 3.46. The van der Waals surface area contributed by atoms with Crippen molar-refractivity contribution in [2.75, 3.05) is 10.6 Å². The normalized spacial score (nSPS) is 10.5. The monoisotopic (exact) mass is 556 g/mol. The molecule has 0 unspecified atom stereocenters. The van der Waals surface area contributed by atoms with Gasteiger partial charge in [0.25, 0.3) is 5.91 Å². The fourth-order valence-electron chi connectivity index (χ4n) is 3.20. The molecule has 0 heterocycles. The van der Waals surface area contributed by atoms with Crippen molar-refractivity contribution >= 4 is 51.2 Å². The molecule has 0 radical (unpaired) electrons. The summed E-state index contributed by atoms with van der Waals surface area (Å²) in [6, 6.07) is 29.8. The Balaban J connectivity index is 1.35. The SMILES string of the molecule is O=C(N/N=C\c1cccc(Oc2ccccc2)c1)C(=O)Nc1ccccc1C(=O)Nc1ccc(Br)cc1. The van der Waals surface area contributed by atoms with E-state index in [2.05, 4.69) is 37.1 Å². The van der Waals surface area contributed by atoms with Gasteiger partial charge in [-0.15, -0.1) is 0 Å². The lowest BCUT2D eigenvalue weighted by atomic mass is 10.1. The third-order valence-corrected chi connectivity index (χ3v) is 5.47. The van der Waals surface area contributed by atoms with Gasteiger partial charge in [0.05, 0.1) is 17.5 Å². The quantitative estimate of drug-likeness (QED) is 0.157. The lowest BCUT2D eigenvalue weighted by Crippen LogP contribution is -2.33. The maximum absolute atomic E-state index is 12.7. The van der Waals surface area contributed by atoms with Gasteiger partial charge in [-0.3, -0.25) is 14.4 Å². The molecule has 4 aromatic rings. The molecule has 0 atom stereocenters. The van der Waals surface area contributed by atoms with E-state index < -0.39 is 17.7 Å². The summed E-state index contributed by atoms with van der Waals surface area (Å²) in [5.41, 5.74) is 3.81. The first kappa shape index (κ1) is 25.3. The molecule has 0 spiro atoms. The number of benzene rings is 4. The Morgan fingerprint density at radius 3 is 2.22 bits per heavy atom. The number of nitrogens with zero attached hydrogens (tertiary/aromatic N) is 1. The highest BCUT2D eigenvalue weighted by Gasteiger charge is 2.17. The van der Waals surface area contributed by atoms with Crippen LogP contribution in [0.4, 0.5) is 11.4 Å². The minimum Gasteiger partial charge on any atom is -0.457 e. The first-order valence-corrected chi connectivity index (χ1v) is 11.9. The van der Waals surface area contributed by atoms with Crippen LogP contribution in [-0.2, 0) is 9.59 Å². The average Bonchev–Trinajstić information content (AvgIpc) is 2.91. The van der Waals surface area contributed by atoms with Crippen LogP contribution in [0.2, 0.25) is 0 Å². The topological polar surface area (TPSA) is 109 Å². The Morgan fingerprint density at radius 2 is 1.43 bits per heavy atom. The zero-order valence-corrected chi connectivity index (χ0v) is 20.9. The third-order valence-electron chi connectivity index (χ3n) is 4.94. The Morgan fingerprint density at radius 1 is 0.730 bits per heavy atom. The lowest BCUT2D eigenvalue weighted by Gasteiger charge is -2.11. The van der Waals surface area contributed by atoms with E-state index in [1.807, 2.05) is 30.3 Å². The van der Waals surface area contributed by atoms with E-state index in [-0.39, 0.29) is 11.3 Å². The van der Waals surface area contributed by atoms with E-state index in [0.29, 0.717) is 22.7 Å². The van der Waals surface area contributed by atoms with Gasteiger partial charge in [-0.25, -0.2) is 5.43 Å². The summed E-state index contributed by atoms with van der Waals surface area (Å²) in [6.45, 7) is 0. The van der Waals surface area contributed by atoms with Crippen molar-refractivity contribution in [3.63, 3.8) is 0 Å². The second-order valence-corrected chi connectivity index (χ2v) is 8.56. The van der Waals surface area contributed by atoms with Gasteiger partial charge in [0.15, 0.2) is 0 Å². The summed E-state index contributed by atoms with van der Waals surface area (Å²) in [7, 11) is 0. The number of halogens is 1. The molecule has 3 amide bonds. The van der Waals surface area contributed by atoms with Gasteiger partial charge < -0.3 is 15.4 Å². The maximum atomic E-state index is 12.7. The minimum absolute atomic E-state index is 0.187. The Labute approximate surface area is 221 Å². The molecule has 4 rings (SSSR count). The minimum atomic E-state index is -0.990. The molecule has 37 heavy (non-hydrogen) atoms. The molecule has 184 valence electrons. The van der Waals surface area contributed by atoms with Gasteiger partial charge >= 0.3 is 11.8 Å². The van der Waals surface area contributed by atoms with Gasteiger partial charge in [-0.05, 0) is 66.2 Å². The molecule has 4 aromatic carbocycles. The standard InChI is InChI=1S/C28H21BrN4O4/c29-20-13-15-21(16-14-20)31-26(34)24-11-4-5-12-25(24)32-27(35)28(36)33-30-18-19-7-6-10-23(17-19)37-22-8-2-1-3-9-22/h1-18H,(H,31,34)(H,32,35)(H,33,36)/b30-18-. The number of amides is 3. The zero-order valence-electron chi connectivity index (χ0n) is 19.4. The number of hydrazone groups is 1. The van der Waals surface area contributed by atoms with Crippen LogP contribution in [0.25, 0.3) is 0 Å². The highest BCUT2D eigenvalue weighted by Crippen LogP contribution is 2.21. The van der Waals surface area contributed by atoms with Gasteiger partial charge in [0, 0.05) is 10.2 Å². The van der Waals surface area contributed by atoms with E-state index in [1.54, 1.807) is 66.7 Å². The van der Waals surface area contributed by atoms with Crippen molar-refractivity contribution in [3.05, 3.63) is 119 Å². The summed E-state index contributed by atoms with van der Waals surface area (Å²) in [4.78, 5) is 37.4. The van der Waals surface area contributed by atoms with Gasteiger partial charge in [0.2, 0.25) is 0 Å². The summed E-state index contributed by atoms with van der Waals surface area (Å²) in [5, 5.41) is 9.06. The van der Waals surface area contributed by atoms with Crippen molar-refractivity contribution in [2.45, 2.75) is 0 Å². The van der Waals surface area contributed by atoms with Crippen molar-refractivity contribution in [3.8, 4) is 11.5 Å². The van der Waals surface area contributed by atoms with E-state index >= 15 is 0 Å². The largest absolute Gasteiger partial charge is 0.457 e. The number of carbonyl (C=O) groups is 3. The second kappa shape index (κ2) is 12.3. The molecule has 0 saturated heterocycles. The smallest absolute Gasteiger partial charge is 0.329 e. The highest BCUT2D eigenvalue weighted by molar-refractivity contribution is 9.10. The molecular weight excluding hydrogens is 536 g/mol. The van der Waals surface area contributed by atoms with Crippen LogP contribution in [-0.4, -0.2) is 23.9 Å². The van der Waals surface area contributed by atoms with Crippen LogP contribution < -0.4 is 20.8 Å². The molecular formula is C28H21BrN4O4. The number of rotatable bonds is 7. The predicted molar refractivity (Wildman–Crippen MR) is 146 cm³/mol. The summed E-state index contributed by atoms with van der Waals surface area (Å²) < 4.78 is 6.65. The first-order chi connectivity index (χ1) is 18.0. The maximum Gasteiger partial charge on any atom is 0.329 e. The van der Waals surface area contributed by atoms with Crippen molar-refractivity contribution in [2.24, 2.45) is 5.10 Å². The van der Waals surface area contributed by atoms with Gasteiger partial charge in [0.1, 0.15) is 11.5 Å². The Kier molecular flexibility index (Phi) is 8.41. The summed E-state index contributed by atoms with van der Waals surface area (Å²) in [5.74, 6) is -1.11. The zero-order chi connectivity index (χ0) is 26.0. The molecule has 0 aliphatic carbocycles. The second-order valence-electron chi connectivity index (χ2n) is 7.65. The van der Waals surface area contributed by atoms with Crippen LogP contribution >= 0.6 is 15.9 Å². The number of anilines is 2. The lowest BCUT2D eigenvalue weighted by molar-refractivity contribution is -0.136. The number of nitrogens with one attached hydrogen (secondary N) is 3. The van der Waals surface area contributed by atoms with Crippen molar-refractivity contribution in [1.82, 2.24) is 5.43 Å². The molecule has 0 aliphatic heterocycles. The number of ether oxygens (including phenoxy) is 1. The van der Waals surface area contributed by atoms with Crippen LogP contribution in [0.3, 0.4) is 0 Å². The fraction of sp³-hybridized carbons (Fsp3) is 0. The van der Waals surface area contributed by atoms with Crippen LogP contribution in [0, 0.1) is 0 Å². The number of carbonyl (C=O) groups excluding carboxylic acids is 3. The number of hydrogen-bond acceptors (Lipinski definition) is 5. The Bertz CT molecular complexity index is 1440. The highest BCUT2D eigenvalue weighted by atomic mass is 79.9. The van der Waals surface area contributed by atoms with Gasteiger partial charge in [-0.2, -0.15) is 5.10 Å². The molecule has 0 fully saturated rings. The van der Waals surface area contributed by atoms with E-state index in [4.69, 9.17) is 4.74 Å². The molecule has 0 saturated carbocycles. The molecule has 0 aromatic heterocycles. The molecule has 0 aliphatic rings. The first-order valence-electron chi connectivity index (χ1n) is 11.1. The van der Waals surface area contributed by atoms with E-state index in [0.717, 1.165) is 4.47 Å². The molecule has 8 nitrogen and oxygen atoms in total. The molecule has 3 N–H and O–H groups in total. The predicted octanol–water partition coefficient (Wildman–Crippen LogP) is 5.58. The number of para-hydroxylation sites is 2. The van der Waals surface area contributed by atoms with Crippen molar-refractivity contribution < 1.29 is 19.1 Å². The van der Waals surface area contributed by atoms with E-state index in [1.165, 1.54) is 12.3 Å². The summed E-state index contributed by atoms with van der Waals surface area (Å²) in [6.07, 6.45) is 1.39. The van der Waals surface area contributed by atoms with Gasteiger partial charge in [-0.1, -0.05) is 58.4 Å². The van der Waals surface area contributed by atoms with Crippen LogP contribution in [0.1, 0.15) is 15.9 Å². The van der Waals surface area contributed by atoms with E-state index in [9.17, 15) is 14.4 Å². The van der Waals surface area contributed by atoms with Crippen LogP contribution in [0.5, 0.6) is 11.5 Å². The average molecular weight is 557 g/mol. The summed E-state index contributed by atoms with van der Waals surface area (Å²) >= 11 is 3.34.